The minimum Gasteiger partial charge on any atom is -0.480 e. The van der Waals surface area contributed by atoms with Gasteiger partial charge >= 0.3 is 5.97 Å². The van der Waals surface area contributed by atoms with Gasteiger partial charge in [0.05, 0.1) is 5.75 Å². The quantitative estimate of drug-likeness (QED) is 0.761. The molecule has 20 heavy (non-hydrogen) atoms. The number of carboxylic acid groups (broad SMARTS) is 1. The maximum absolute atomic E-state index is 10.3. The smallest absolute Gasteiger partial charge is 0.329 e. The number of carboxylic acids is 1. The third-order valence-electron chi connectivity index (χ3n) is 2.14. The van der Waals surface area contributed by atoms with Gasteiger partial charge in [-0.15, -0.1) is 11.8 Å². The average molecular weight is 359 g/mol. The van der Waals surface area contributed by atoms with Crippen molar-refractivity contribution in [2.24, 2.45) is 0 Å². The highest BCUT2D eigenvalue weighted by molar-refractivity contribution is 9.10. The Morgan fingerprint density at radius 1 is 1.40 bits per heavy atom. The molecule has 0 atom stereocenters. The van der Waals surface area contributed by atoms with Gasteiger partial charge in [-0.2, -0.15) is 4.98 Å². The molecule has 0 aliphatic rings. The Labute approximate surface area is 127 Å². The van der Waals surface area contributed by atoms with E-state index in [2.05, 4.69) is 26.1 Å². The maximum Gasteiger partial charge on any atom is 0.329 e. The van der Waals surface area contributed by atoms with E-state index >= 15 is 0 Å². The molecule has 0 fully saturated rings. The van der Waals surface area contributed by atoms with E-state index in [4.69, 9.17) is 14.4 Å². The van der Waals surface area contributed by atoms with Crippen LogP contribution >= 0.6 is 27.7 Å². The summed E-state index contributed by atoms with van der Waals surface area (Å²) in [6.45, 7) is -0.381. The largest absolute Gasteiger partial charge is 0.480 e. The van der Waals surface area contributed by atoms with Gasteiger partial charge in [0.15, 0.2) is 5.82 Å². The Kier molecular flexibility index (Phi) is 5.57. The predicted octanol–water partition coefficient (Wildman–Crippen LogP) is 2.73. The molecule has 0 unspecified atom stereocenters. The topological polar surface area (TPSA) is 85.5 Å². The first kappa shape index (κ1) is 15.0. The molecule has 1 aromatic heterocycles. The van der Waals surface area contributed by atoms with Crippen LogP contribution < -0.4 is 0 Å². The number of hydrogen-bond donors (Lipinski definition) is 1. The molecule has 2 rings (SSSR count). The second kappa shape index (κ2) is 7.41. The number of aromatic nitrogens is 2. The fourth-order valence-electron chi connectivity index (χ4n) is 1.31. The molecule has 0 amide bonds. The van der Waals surface area contributed by atoms with Crippen LogP contribution in [0.2, 0.25) is 0 Å². The van der Waals surface area contributed by atoms with Crippen molar-refractivity contribution in [3.05, 3.63) is 40.5 Å². The Bertz CT molecular complexity index is 573. The molecule has 0 bridgehead atoms. The molecule has 1 heterocycles. The monoisotopic (exact) mass is 358 g/mol. The summed E-state index contributed by atoms with van der Waals surface area (Å²) >= 11 is 4.96. The van der Waals surface area contributed by atoms with Gasteiger partial charge in [-0.25, -0.2) is 4.79 Å². The molecule has 1 aromatic carbocycles. The average Bonchev–Trinajstić information content (AvgIpc) is 2.86. The first-order valence-corrected chi connectivity index (χ1v) is 7.41. The van der Waals surface area contributed by atoms with Crippen molar-refractivity contribution < 1.29 is 19.2 Å². The highest BCUT2D eigenvalue weighted by Crippen LogP contribution is 2.23. The summed E-state index contributed by atoms with van der Waals surface area (Å²) in [7, 11) is 0. The van der Waals surface area contributed by atoms with Crippen LogP contribution in [-0.4, -0.2) is 27.8 Å². The number of aliphatic carboxylic acids is 1. The molecule has 1 N–H and O–H groups in total. The van der Waals surface area contributed by atoms with Gasteiger partial charge in [0, 0.05) is 9.37 Å². The van der Waals surface area contributed by atoms with Gasteiger partial charge in [-0.05, 0) is 24.3 Å². The molecule has 106 valence electrons. The Morgan fingerprint density at radius 3 is 2.85 bits per heavy atom. The van der Waals surface area contributed by atoms with E-state index in [9.17, 15) is 4.79 Å². The molecule has 0 saturated heterocycles. The highest BCUT2D eigenvalue weighted by atomic mass is 79.9. The standard InChI is InChI=1S/C12H11BrN2O4S/c13-8-1-3-9(4-2-8)20-7-10-14-11(19-15-10)5-18-6-12(16)17/h1-4H,5-7H2,(H,16,17). The summed E-state index contributed by atoms with van der Waals surface area (Å²) in [6, 6.07) is 7.91. The zero-order valence-corrected chi connectivity index (χ0v) is 12.7. The van der Waals surface area contributed by atoms with Crippen LogP contribution in [0, 0.1) is 0 Å². The molecule has 6 nitrogen and oxygen atoms in total. The zero-order chi connectivity index (χ0) is 14.4. The molecule has 2 aromatic rings. The number of ether oxygens (including phenoxy) is 1. The first-order valence-electron chi connectivity index (χ1n) is 5.63. The van der Waals surface area contributed by atoms with Crippen LogP contribution in [0.25, 0.3) is 0 Å². The van der Waals surface area contributed by atoms with Crippen molar-refractivity contribution in [3.8, 4) is 0 Å². The van der Waals surface area contributed by atoms with E-state index in [0.717, 1.165) is 9.37 Å². The molecule has 0 radical (unpaired) electrons. The van der Waals surface area contributed by atoms with Gasteiger partial charge in [0.1, 0.15) is 13.2 Å². The van der Waals surface area contributed by atoms with Crippen molar-refractivity contribution in [2.45, 2.75) is 17.3 Å². The molecule has 0 saturated carbocycles. The molecule has 0 aliphatic heterocycles. The lowest BCUT2D eigenvalue weighted by Gasteiger charge is -1.98. The molecule has 0 spiro atoms. The van der Waals surface area contributed by atoms with Crippen LogP contribution in [0.5, 0.6) is 0 Å². The van der Waals surface area contributed by atoms with Gasteiger partial charge < -0.3 is 14.4 Å². The summed E-state index contributed by atoms with van der Waals surface area (Å²) < 4.78 is 10.8. The van der Waals surface area contributed by atoms with Crippen molar-refractivity contribution in [1.82, 2.24) is 10.1 Å². The normalized spacial score (nSPS) is 10.7. The van der Waals surface area contributed by atoms with E-state index in [1.165, 1.54) is 0 Å². The minimum atomic E-state index is -1.03. The minimum absolute atomic E-state index is 0.00223. The first-order chi connectivity index (χ1) is 9.63. The van der Waals surface area contributed by atoms with Gasteiger partial charge in [-0.3, -0.25) is 0 Å². The number of rotatable bonds is 7. The van der Waals surface area contributed by atoms with Crippen LogP contribution in [-0.2, 0) is 21.9 Å². The van der Waals surface area contributed by atoms with Crippen LogP contribution in [0.1, 0.15) is 11.7 Å². The Balaban J connectivity index is 1.80. The number of benzene rings is 1. The SMILES string of the molecule is O=C(O)COCc1nc(CSc2ccc(Br)cc2)no1. The third kappa shape index (κ3) is 4.95. The van der Waals surface area contributed by atoms with E-state index < -0.39 is 5.97 Å². The number of halogens is 1. The second-order valence-corrected chi connectivity index (χ2v) is 5.70. The van der Waals surface area contributed by atoms with Crippen LogP contribution in [0.3, 0.4) is 0 Å². The van der Waals surface area contributed by atoms with Crippen LogP contribution in [0.4, 0.5) is 0 Å². The number of carbonyl (C=O) groups is 1. The molecular weight excluding hydrogens is 348 g/mol. The second-order valence-electron chi connectivity index (χ2n) is 3.73. The fraction of sp³-hybridized carbons (Fsp3) is 0.250. The highest BCUT2D eigenvalue weighted by Gasteiger charge is 2.08. The summed E-state index contributed by atoms with van der Waals surface area (Å²) in [5.41, 5.74) is 0. The lowest BCUT2D eigenvalue weighted by molar-refractivity contribution is -0.142. The van der Waals surface area contributed by atoms with Gasteiger partial charge in [-0.1, -0.05) is 21.1 Å². The number of nitrogens with zero attached hydrogens (tertiary/aromatic N) is 2. The summed E-state index contributed by atoms with van der Waals surface area (Å²) in [5.74, 6) is 0.365. The lowest BCUT2D eigenvalue weighted by atomic mass is 10.4. The molecular formula is C12H11BrN2O4S. The van der Waals surface area contributed by atoms with Gasteiger partial charge in [0.2, 0.25) is 0 Å². The van der Waals surface area contributed by atoms with Crippen molar-refractivity contribution in [1.29, 1.82) is 0 Å². The predicted molar refractivity (Wildman–Crippen MR) is 75.3 cm³/mol. The van der Waals surface area contributed by atoms with E-state index in [1.54, 1.807) is 11.8 Å². The summed E-state index contributed by atoms with van der Waals surface area (Å²) in [6.07, 6.45) is 0. The van der Waals surface area contributed by atoms with E-state index in [0.29, 0.717) is 11.6 Å². The number of hydrogen-bond acceptors (Lipinski definition) is 6. The molecule has 8 heteroatoms. The van der Waals surface area contributed by atoms with Gasteiger partial charge in [0.25, 0.3) is 5.89 Å². The summed E-state index contributed by atoms with van der Waals surface area (Å²) in [5, 5.41) is 12.2. The lowest BCUT2D eigenvalue weighted by Crippen LogP contribution is -2.06. The maximum atomic E-state index is 10.3. The van der Waals surface area contributed by atoms with Crippen molar-refractivity contribution in [2.75, 3.05) is 6.61 Å². The Hall–Kier alpha value is -1.38. The number of thioether (sulfide) groups is 1. The van der Waals surface area contributed by atoms with Crippen LogP contribution in [0.15, 0.2) is 38.2 Å². The summed E-state index contributed by atoms with van der Waals surface area (Å²) in [4.78, 5) is 15.5. The fourth-order valence-corrected chi connectivity index (χ4v) is 2.32. The zero-order valence-electron chi connectivity index (χ0n) is 10.3. The van der Waals surface area contributed by atoms with E-state index in [-0.39, 0.29) is 19.1 Å². The molecule has 0 aliphatic carbocycles. The Morgan fingerprint density at radius 2 is 2.15 bits per heavy atom. The van der Waals surface area contributed by atoms with Crippen molar-refractivity contribution >= 4 is 33.7 Å². The van der Waals surface area contributed by atoms with Crippen molar-refractivity contribution in [3.63, 3.8) is 0 Å². The van der Waals surface area contributed by atoms with E-state index in [1.807, 2.05) is 24.3 Å². The third-order valence-corrected chi connectivity index (χ3v) is 3.68.